The van der Waals surface area contributed by atoms with Gasteiger partial charge in [-0.05, 0) is 17.7 Å². The van der Waals surface area contributed by atoms with Gasteiger partial charge in [-0.2, -0.15) is 0 Å². The number of thioether (sulfide) groups is 1. The maximum Gasteiger partial charge on any atom is 0.160 e. The summed E-state index contributed by atoms with van der Waals surface area (Å²) >= 11 is 1.69. The topological polar surface area (TPSA) is 38.3 Å². The number of benzene rings is 1. The lowest BCUT2D eigenvalue weighted by Crippen LogP contribution is -2.12. The summed E-state index contributed by atoms with van der Waals surface area (Å²) < 4.78 is 5.15. The monoisotopic (exact) mass is 275 g/mol. The lowest BCUT2D eigenvalue weighted by atomic mass is 10.2. The lowest BCUT2D eigenvalue weighted by Gasteiger charge is -2.14. The van der Waals surface area contributed by atoms with Crippen LogP contribution in [0.4, 0.5) is 5.82 Å². The summed E-state index contributed by atoms with van der Waals surface area (Å²) in [6.07, 6.45) is 3.44. The van der Waals surface area contributed by atoms with E-state index >= 15 is 0 Å². The van der Waals surface area contributed by atoms with Gasteiger partial charge in [0.05, 0.1) is 7.11 Å². The molecule has 0 spiro atoms. The molecule has 100 valence electrons. The molecular weight excluding hydrogens is 258 g/mol. The molecule has 0 atom stereocenters. The van der Waals surface area contributed by atoms with Crippen molar-refractivity contribution in [2.75, 3.05) is 26.1 Å². The molecule has 19 heavy (non-hydrogen) atoms. The number of aromatic nitrogens is 2. The lowest BCUT2D eigenvalue weighted by molar-refractivity contribution is 0.414. The van der Waals surface area contributed by atoms with Crippen LogP contribution in [0.3, 0.4) is 0 Å². The van der Waals surface area contributed by atoms with Crippen LogP contribution in [0, 0.1) is 0 Å². The Bertz CT molecular complexity index is 528. The Morgan fingerprint density at radius 1 is 1.11 bits per heavy atom. The van der Waals surface area contributed by atoms with Gasteiger partial charge in [-0.3, -0.25) is 0 Å². The number of anilines is 1. The first-order valence-corrected chi connectivity index (χ1v) is 6.93. The van der Waals surface area contributed by atoms with Crippen LogP contribution in [-0.2, 0) is 5.75 Å². The Morgan fingerprint density at radius 3 is 2.42 bits per heavy atom. The summed E-state index contributed by atoms with van der Waals surface area (Å²) in [5.74, 6) is 2.65. The Morgan fingerprint density at radius 2 is 1.79 bits per heavy atom. The van der Waals surface area contributed by atoms with Crippen LogP contribution in [0.15, 0.2) is 41.7 Å². The molecule has 0 saturated carbocycles. The molecule has 0 aliphatic carbocycles. The Labute approximate surface area is 117 Å². The second kappa shape index (κ2) is 6.43. The van der Waals surface area contributed by atoms with E-state index in [0.29, 0.717) is 0 Å². The first-order valence-electron chi connectivity index (χ1n) is 5.95. The van der Waals surface area contributed by atoms with Gasteiger partial charge in [0.15, 0.2) is 5.82 Å². The van der Waals surface area contributed by atoms with E-state index in [-0.39, 0.29) is 0 Å². The predicted molar refractivity (Wildman–Crippen MR) is 78.9 cm³/mol. The highest BCUT2D eigenvalue weighted by atomic mass is 32.2. The van der Waals surface area contributed by atoms with Crippen molar-refractivity contribution in [2.24, 2.45) is 0 Å². The highest BCUT2D eigenvalue weighted by Gasteiger charge is 2.07. The van der Waals surface area contributed by atoms with E-state index in [1.807, 2.05) is 31.1 Å². The fourth-order valence-corrected chi connectivity index (χ4v) is 2.60. The van der Waals surface area contributed by atoms with Crippen molar-refractivity contribution in [3.05, 3.63) is 42.2 Å². The molecule has 0 fully saturated rings. The van der Waals surface area contributed by atoms with Gasteiger partial charge in [-0.1, -0.05) is 23.9 Å². The number of hydrogen-bond donors (Lipinski definition) is 0. The number of nitrogens with zero attached hydrogens (tertiary/aromatic N) is 3. The molecule has 0 bridgehead atoms. The smallest absolute Gasteiger partial charge is 0.160 e. The van der Waals surface area contributed by atoms with Crippen LogP contribution < -0.4 is 9.64 Å². The van der Waals surface area contributed by atoms with Crippen LogP contribution in [0.1, 0.15) is 5.56 Å². The first kappa shape index (κ1) is 13.7. The van der Waals surface area contributed by atoms with Crippen molar-refractivity contribution in [2.45, 2.75) is 10.8 Å². The molecule has 0 radical (unpaired) electrons. The quantitative estimate of drug-likeness (QED) is 0.784. The number of methoxy groups -OCH3 is 1. The van der Waals surface area contributed by atoms with Gasteiger partial charge >= 0.3 is 0 Å². The van der Waals surface area contributed by atoms with Crippen LogP contribution in [0.25, 0.3) is 0 Å². The zero-order valence-electron chi connectivity index (χ0n) is 11.3. The maximum atomic E-state index is 5.15. The molecule has 0 aliphatic rings. The van der Waals surface area contributed by atoms with E-state index in [1.54, 1.807) is 31.3 Å². The molecule has 0 N–H and O–H groups in total. The van der Waals surface area contributed by atoms with E-state index in [0.717, 1.165) is 22.3 Å². The highest BCUT2D eigenvalue weighted by Crippen LogP contribution is 2.27. The molecule has 1 heterocycles. The normalized spacial score (nSPS) is 10.3. The fourth-order valence-electron chi connectivity index (χ4n) is 1.60. The third kappa shape index (κ3) is 3.61. The van der Waals surface area contributed by atoms with Crippen LogP contribution >= 0.6 is 11.8 Å². The molecule has 1 aromatic carbocycles. The fraction of sp³-hybridized carbons (Fsp3) is 0.286. The van der Waals surface area contributed by atoms with Crippen molar-refractivity contribution < 1.29 is 4.74 Å². The summed E-state index contributed by atoms with van der Waals surface area (Å²) in [5, 5.41) is 0.948. The van der Waals surface area contributed by atoms with Crippen molar-refractivity contribution in [3.8, 4) is 5.75 Å². The summed E-state index contributed by atoms with van der Waals surface area (Å²) in [6.45, 7) is 0. The molecular formula is C14H17N3OS. The molecule has 0 saturated heterocycles. The van der Waals surface area contributed by atoms with Crippen molar-refractivity contribution in [1.82, 2.24) is 9.97 Å². The van der Waals surface area contributed by atoms with Crippen LogP contribution in [0.5, 0.6) is 5.75 Å². The second-order valence-electron chi connectivity index (χ2n) is 4.22. The van der Waals surface area contributed by atoms with Gasteiger partial charge < -0.3 is 9.64 Å². The summed E-state index contributed by atoms with van der Waals surface area (Å²) in [4.78, 5) is 10.7. The maximum absolute atomic E-state index is 5.15. The largest absolute Gasteiger partial charge is 0.497 e. The second-order valence-corrected chi connectivity index (χ2v) is 5.18. The van der Waals surface area contributed by atoms with Gasteiger partial charge in [-0.25, -0.2) is 9.97 Å². The average molecular weight is 275 g/mol. The average Bonchev–Trinajstić information content (AvgIpc) is 2.46. The highest BCUT2D eigenvalue weighted by molar-refractivity contribution is 7.98. The predicted octanol–water partition coefficient (Wildman–Crippen LogP) is 2.84. The summed E-state index contributed by atoms with van der Waals surface area (Å²) in [7, 11) is 5.62. The van der Waals surface area contributed by atoms with Gasteiger partial charge in [0, 0.05) is 32.2 Å². The molecule has 4 nitrogen and oxygen atoms in total. The van der Waals surface area contributed by atoms with Crippen LogP contribution in [0.2, 0.25) is 0 Å². The van der Waals surface area contributed by atoms with Crippen molar-refractivity contribution in [1.29, 1.82) is 0 Å². The van der Waals surface area contributed by atoms with E-state index in [2.05, 4.69) is 22.1 Å². The molecule has 0 aliphatic heterocycles. The van der Waals surface area contributed by atoms with E-state index in [9.17, 15) is 0 Å². The van der Waals surface area contributed by atoms with Crippen LogP contribution in [-0.4, -0.2) is 31.2 Å². The summed E-state index contributed by atoms with van der Waals surface area (Å²) in [6, 6.07) is 8.08. The third-order valence-corrected chi connectivity index (χ3v) is 3.64. The Kier molecular flexibility index (Phi) is 4.63. The summed E-state index contributed by atoms with van der Waals surface area (Å²) in [5.41, 5.74) is 1.24. The molecule has 2 aromatic rings. The SMILES string of the molecule is COc1ccc(CSc2nccnc2N(C)C)cc1. The van der Waals surface area contributed by atoms with Gasteiger partial charge in [0.25, 0.3) is 0 Å². The van der Waals surface area contributed by atoms with Crippen molar-refractivity contribution >= 4 is 17.6 Å². The number of ether oxygens (including phenoxy) is 1. The minimum Gasteiger partial charge on any atom is -0.497 e. The zero-order chi connectivity index (χ0) is 13.7. The third-order valence-electron chi connectivity index (χ3n) is 2.60. The van der Waals surface area contributed by atoms with Gasteiger partial charge in [-0.15, -0.1) is 0 Å². The minimum atomic E-state index is 0.865. The molecule has 1 aromatic heterocycles. The van der Waals surface area contributed by atoms with Crippen molar-refractivity contribution in [3.63, 3.8) is 0 Å². The molecule has 5 heteroatoms. The van der Waals surface area contributed by atoms with Gasteiger partial charge in [0.1, 0.15) is 10.8 Å². The van der Waals surface area contributed by atoms with Gasteiger partial charge in [0.2, 0.25) is 0 Å². The molecule has 0 amide bonds. The Balaban J connectivity index is 2.05. The standard InChI is InChI=1S/C14H17N3OS/c1-17(2)13-14(16-9-8-15-13)19-10-11-4-6-12(18-3)7-5-11/h4-9H,10H2,1-3H3. The molecule has 0 unspecified atom stereocenters. The zero-order valence-corrected chi connectivity index (χ0v) is 12.1. The Hall–Kier alpha value is -1.75. The first-order chi connectivity index (χ1) is 9.20. The number of hydrogen-bond acceptors (Lipinski definition) is 5. The number of rotatable bonds is 5. The molecule has 2 rings (SSSR count). The van der Waals surface area contributed by atoms with E-state index < -0.39 is 0 Å². The van der Waals surface area contributed by atoms with E-state index in [1.165, 1.54) is 5.56 Å². The minimum absolute atomic E-state index is 0.865. The van der Waals surface area contributed by atoms with E-state index in [4.69, 9.17) is 4.74 Å².